The molecule has 0 aliphatic carbocycles. The summed E-state index contributed by atoms with van der Waals surface area (Å²) in [4.78, 5) is 103. The molecular weight excluding hydrogens is 732 g/mol. The summed E-state index contributed by atoms with van der Waals surface area (Å²) in [6.45, 7) is 10.2. The Morgan fingerprint density at radius 1 is 0.895 bits per heavy atom. The number of nitrogens with zero attached hydrogens (tertiary/aromatic N) is 5. The molecule has 308 valence electrons. The van der Waals surface area contributed by atoms with Gasteiger partial charge in [0.1, 0.15) is 42.4 Å². The Bertz CT molecular complexity index is 1850. The van der Waals surface area contributed by atoms with Gasteiger partial charge in [0.25, 0.3) is 0 Å². The lowest BCUT2D eigenvalue weighted by atomic mass is 9.99. The summed E-state index contributed by atoms with van der Waals surface area (Å²) >= 11 is 0. The molecule has 4 aliphatic heterocycles. The second kappa shape index (κ2) is 17.9. The van der Waals surface area contributed by atoms with Crippen LogP contribution in [0.15, 0.2) is 36.4 Å². The molecule has 6 amide bonds. The third-order valence-electron chi connectivity index (χ3n) is 11.6. The number of hydrogen-bond donors (Lipinski definition) is 3. The third kappa shape index (κ3) is 9.31. The summed E-state index contributed by atoms with van der Waals surface area (Å²) < 4.78 is 7.75. The van der Waals surface area contributed by atoms with Crippen molar-refractivity contribution in [3.63, 3.8) is 0 Å². The first kappa shape index (κ1) is 41.4. The fourth-order valence-electron chi connectivity index (χ4n) is 8.68. The van der Waals surface area contributed by atoms with E-state index in [1.165, 1.54) is 21.6 Å². The van der Waals surface area contributed by atoms with Gasteiger partial charge in [0.2, 0.25) is 35.4 Å². The number of benzene rings is 1. The van der Waals surface area contributed by atoms with E-state index in [4.69, 9.17) is 4.74 Å². The van der Waals surface area contributed by atoms with E-state index in [1.54, 1.807) is 11.6 Å². The number of carbonyl (C=O) groups is 7. The van der Waals surface area contributed by atoms with Gasteiger partial charge in [0, 0.05) is 38.3 Å². The quantitative estimate of drug-likeness (QED) is 0.328. The van der Waals surface area contributed by atoms with Gasteiger partial charge in [0.05, 0.1) is 12.1 Å². The molecule has 1 aromatic carbocycles. The molecule has 57 heavy (non-hydrogen) atoms. The summed E-state index contributed by atoms with van der Waals surface area (Å²) in [6.07, 6.45) is 1.72. The van der Waals surface area contributed by atoms with E-state index in [1.807, 2.05) is 57.2 Å². The van der Waals surface area contributed by atoms with Crippen LogP contribution in [0, 0.1) is 12.8 Å². The molecule has 4 saturated heterocycles. The zero-order valence-electron chi connectivity index (χ0n) is 33.6. The van der Waals surface area contributed by atoms with Gasteiger partial charge < -0.3 is 35.4 Å². The number of cyclic esters (lactones) is 1. The molecule has 0 unspecified atom stereocenters. The average Bonchev–Trinajstić information content (AvgIpc) is 3.93. The number of rotatable bonds is 8. The monoisotopic (exact) mass is 788 g/mol. The van der Waals surface area contributed by atoms with Crippen molar-refractivity contribution in [3.05, 3.63) is 53.3 Å². The van der Waals surface area contributed by atoms with Gasteiger partial charge in [-0.3, -0.25) is 33.4 Å². The Morgan fingerprint density at radius 3 is 2.32 bits per heavy atom. The first-order valence-electron chi connectivity index (χ1n) is 20.3. The van der Waals surface area contributed by atoms with Crippen LogP contribution in [0.1, 0.15) is 83.2 Å². The van der Waals surface area contributed by atoms with Crippen molar-refractivity contribution in [2.75, 3.05) is 19.6 Å². The number of fused-ring (bicyclic) bond motifs is 3. The van der Waals surface area contributed by atoms with E-state index in [-0.39, 0.29) is 37.8 Å². The van der Waals surface area contributed by atoms with Crippen LogP contribution in [0.4, 0.5) is 0 Å². The molecule has 4 aliphatic rings. The summed E-state index contributed by atoms with van der Waals surface area (Å²) in [7, 11) is 0. The van der Waals surface area contributed by atoms with Crippen LogP contribution < -0.4 is 16.0 Å². The fraction of sp³-hybridized carbons (Fsp3) is 0.610. The van der Waals surface area contributed by atoms with Crippen molar-refractivity contribution in [1.29, 1.82) is 0 Å². The Morgan fingerprint density at radius 2 is 1.60 bits per heavy atom. The van der Waals surface area contributed by atoms with Gasteiger partial charge in [0.15, 0.2) is 0 Å². The third-order valence-corrected chi connectivity index (χ3v) is 11.6. The van der Waals surface area contributed by atoms with Crippen LogP contribution in [-0.4, -0.2) is 128 Å². The number of aromatic nitrogens is 2. The highest BCUT2D eigenvalue weighted by molar-refractivity contribution is 5.98. The molecule has 0 saturated carbocycles. The average molecular weight is 789 g/mol. The number of aryl methyl sites for hydroxylation is 2. The standard InChI is InChI=1S/C41H56N8O8/c1-6-49-25(3)20-29(45-49)22-34(50)43-30(21-28-13-8-7-9-14-28)36(51)44-35-27(5)57-41(56)33-19-24(2)23-48(33)38(53)26(4)42-37(52)31-15-10-11-17-46(31)39(54)32-16-12-18-47(32)40(35)55/h7-9,13-14,20,24,26-27,30-33,35H,6,10-12,15-19,21-23H2,1-5H3,(H,42,52)(H,43,50)(H,44,51)/t24-,26+,27+,30+,31+,32+,33+,35+/m1/s1. The van der Waals surface area contributed by atoms with Crippen molar-refractivity contribution < 1.29 is 38.3 Å². The zero-order valence-corrected chi connectivity index (χ0v) is 33.6. The Kier molecular flexibility index (Phi) is 13.0. The lowest BCUT2D eigenvalue weighted by molar-refractivity contribution is -0.163. The molecule has 0 bridgehead atoms. The normalized spacial score (nSPS) is 27.9. The minimum Gasteiger partial charge on any atom is -0.458 e. The number of piperidine rings is 1. The molecule has 6 rings (SSSR count). The highest BCUT2D eigenvalue weighted by Crippen LogP contribution is 2.29. The van der Waals surface area contributed by atoms with Gasteiger partial charge in [-0.15, -0.1) is 0 Å². The number of hydrogen-bond acceptors (Lipinski definition) is 9. The molecule has 5 heterocycles. The molecule has 3 N–H and O–H groups in total. The second-order valence-electron chi connectivity index (χ2n) is 16.0. The number of nitrogens with one attached hydrogen (secondary N) is 3. The number of ether oxygens (including phenoxy) is 1. The topological polar surface area (TPSA) is 192 Å². The zero-order chi connectivity index (χ0) is 41.0. The van der Waals surface area contributed by atoms with Crippen LogP contribution in [-0.2, 0) is 57.7 Å². The predicted octanol–water partition coefficient (Wildman–Crippen LogP) is 1.03. The van der Waals surface area contributed by atoms with E-state index in [0.717, 1.165) is 11.3 Å². The summed E-state index contributed by atoms with van der Waals surface area (Å²) in [6, 6.07) is 4.64. The lowest BCUT2D eigenvalue weighted by Crippen LogP contribution is -2.63. The van der Waals surface area contributed by atoms with Crippen molar-refractivity contribution in [2.45, 2.75) is 135 Å². The van der Waals surface area contributed by atoms with E-state index in [9.17, 15) is 33.6 Å². The van der Waals surface area contributed by atoms with Crippen molar-refractivity contribution in [3.8, 4) is 0 Å². The van der Waals surface area contributed by atoms with Crippen LogP contribution in [0.5, 0.6) is 0 Å². The van der Waals surface area contributed by atoms with Crippen LogP contribution in [0.25, 0.3) is 0 Å². The summed E-state index contributed by atoms with van der Waals surface area (Å²) in [5.41, 5.74) is 2.19. The summed E-state index contributed by atoms with van der Waals surface area (Å²) in [5, 5.41) is 12.9. The van der Waals surface area contributed by atoms with Crippen LogP contribution in [0.3, 0.4) is 0 Å². The lowest BCUT2D eigenvalue weighted by Gasteiger charge is -2.39. The second-order valence-corrected chi connectivity index (χ2v) is 16.0. The highest BCUT2D eigenvalue weighted by Gasteiger charge is 2.47. The first-order valence-corrected chi connectivity index (χ1v) is 20.3. The minimum absolute atomic E-state index is 0.0530. The fourth-order valence-corrected chi connectivity index (χ4v) is 8.68. The van der Waals surface area contributed by atoms with E-state index < -0.39 is 77.9 Å². The minimum atomic E-state index is -1.46. The van der Waals surface area contributed by atoms with E-state index in [2.05, 4.69) is 21.0 Å². The van der Waals surface area contributed by atoms with Crippen molar-refractivity contribution in [1.82, 2.24) is 40.4 Å². The predicted molar refractivity (Wildman–Crippen MR) is 207 cm³/mol. The molecule has 2 aromatic rings. The van der Waals surface area contributed by atoms with Crippen molar-refractivity contribution in [2.24, 2.45) is 5.92 Å². The number of amides is 6. The maximum absolute atomic E-state index is 14.7. The molecule has 1 aromatic heterocycles. The number of esters is 1. The van der Waals surface area contributed by atoms with Gasteiger partial charge >= 0.3 is 5.97 Å². The molecule has 16 heteroatoms. The molecule has 0 spiro atoms. The smallest absolute Gasteiger partial charge is 0.329 e. The van der Waals surface area contributed by atoms with Crippen LogP contribution >= 0.6 is 0 Å². The SMILES string of the molecule is CCn1nc(CC(=O)N[C@@H](Cc2ccccc2)C(=O)N[C@@H]2C(=O)N3CCC[C@H]3C(=O)N3CCCC[C@H]3C(=O)N[C@@H](C)C(=O)N3C[C@H](C)C[C@H]3C(=O)O[C@H]2C)cc1C. The first-order chi connectivity index (χ1) is 27.2. The Hall–Kier alpha value is -5.28. The van der Waals surface area contributed by atoms with Crippen molar-refractivity contribution >= 4 is 41.4 Å². The molecule has 4 fully saturated rings. The van der Waals surface area contributed by atoms with Gasteiger partial charge in [-0.2, -0.15) is 5.10 Å². The van der Waals surface area contributed by atoms with E-state index in [0.29, 0.717) is 57.3 Å². The Labute approximate surface area is 333 Å². The number of carbonyl (C=O) groups excluding carboxylic acids is 7. The molecule has 0 radical (unpaired) electrons. The maximum Gasteiger partial charge on any atom is 0.329 e. The molecule has 16 nitrogen and oxygen atoms in total. The Balaban J connectivity index is 1.32. The summed E-state index contributed by atoms with van der Waals surface area (Å²) in [5.74, 6) is -3.87. The van der Waals surface area contributed by atoms with Gasteiger partial charge in [-0.25, -0.2) is 4.79 Å². The highest BCUT2D eigenvalue weighted by atomic mass is 16.5. The maximum atomic E-state index is 14.7. The van der Waals surface area contributed by atoms with E-state index >= 15 is 0 Å². The van der Waals surface area contributed by atoms with Gasteiger partial charge in [-0.1, -0.05) is 37.3 Å². The molecule has 8 atom stereocenters. The molecular formula is C41H56N8O8. The largest absolute Gasteiger partial charge is 0.458 e. The van der Waals surface area contributed by atoms with Crippen LogP contribution in [0.2, 0.25) is 0 Å². The van der Waals surface area contributed by atoms with Gasteiger partial charge in [-0.05, 0) is 83.8 Å².